The van der Waals surface area contributed by atoms with Gasteiger partial charge in [-0.2, -0.15) is 0 Å². The number of nitrogens with zero attached hydrogens (tertiary/aromatic N) is 1. The van der Waals surface area contributed by atoms with Crippen molar-refractivity contribution in [3.63, 3.8) is 0 Å². The highest BCUT2D eigenvalue weighted by Gasteiger charge is 2.38. The summed E-state index contributed by atoms with van der Waals surface area (Å²) < 4.78 is 0. The molecule has 1 saturated heterocycles. The van der Waals surface area contributed by atoms with Gasteiger partial charge < -0.3 is 25.7 Å². The number of ketones is 1. The number of carbonyl (C=O) groups excluding carboxylic acids is 3. The molecule has 48 heavy (non-hydrogen) atoms. The summed E-state index contributed by atoms with van der Waals surface area (Å²) in [6.45, 7) is 3.58. The van der Waals surface area contributed by atoms with Crippen LogP contribution in [0, 0.1) is 5.41 Å². The summed E-state index contributed by atoms with van der Waals surface area (Å²) in [6.07, 6.45) is -0.215. The van der Waals surface area contributed by atoms with Crippen molar-refractivity contribution >= 4 is 23.3 Å². The number of Topliss-reactive ketones (excluding diaryl/α,β-unsaturated/α-hetero) is 1. The van der Waals surface area contributed by atoms with Crippen LogP contribution < -0.4 is 10.6 Å². The molecule has 0 aromatic heterocycles. The number of rotatable bonds is 13. The van der Waals surface area contributed by atoms with E-state index in [1.165, 1.54) is 16.7 Å². The smallest absolute Gasteiger partial charge is 0.290 e. The van der Waals surface area contributed by atoms with Gasteiger partial charge in [0.05, 0.1) is 12.0 Å². The molecule has 0 aliphatic carbocycles. The van der Waals surface area contributed by atoms with Crippen molar-refractivity contribution in [1.82, 2.24) is 10.2 Å². The van der Waals surface area contributed by atoms with E-state index in [2.05, 4.69) is 108 Å². The number of nitrogens with one attached hydrogen (secondary N) is 2. The molecule has 1 fully saturated rings. The minimum absolute atomic E-state index is 0.0627. The molecule has 1 unspecified atom stereocenters. The summed E-state index contributed by atoms with van der Waals surface area (Å²) in [5, 5.41) is 25.7. The van der Waals surface area contributed by atoms with Crippen LogP contribution in [0.4, 0.5) is 5.69 Å². The maximum atomic E-state index is 12.9. The topological polar surface area (TPSA) is 119 Å². The Kier molecular flexibility index (Phi) is 11.1. The highest BCUT2D eigenvalue weighted by molar-refractivity contribution is 6.36. The maximum absolute atomic E-state index is 12.9. The Hall–Kier alpha value is -4.79. The summed E-state index contributed by atoms with van der Waals surface area (Å²) in [7, 11) is 0. The fourth-order valence-corrected chi connectivity index (χ4v) is 6.49. The Morgan fingerprint density at radius 2 is 1.27 bits per heavy atom. The molecule has 250 valence electrons. The molecule has 0 radical (unpaired) electrons. The van der Waals surface area contributed by atoms with E-state index in [1.807, 2.05) is 18.2 Å². The average molecular weight is 648 g/mol. The Labute approximate surface area is 282 Å². The monoisotopic (exact) mass is 647 g/mol. The molecule has 8 heteroatoms. The van der Waals surface area contributed by atoms with E-state index < -0.39 is 34.5 Å². The lowest BCUT2D eigenvalue weighted by Crippen LogP contribution is -2.47. The van der Waals surface area contributed by atoms with Gasteiger partial charge in [-0.05, 0) is 47.2 Å². The number of anilines is 1. The summed E-state index contributed by atoms with van der Waals surface area (Å²) in [5.74, 6) is -1.82. The Bertz CT molecular complexity index is 1570. The normalized spacial score (nSPS) is 14.6. The largest absolute Gasteiger partial charge is 0.396 e. The fourth-order valence-electron chi connectivity index (χ4n) is 6.49. The van der Waals surface area contributed by atoms with Crippen molar-refractivity contribution in [1.29, 1.82) is 0 Å². The first-order valence-electron chi connectivity index (χ1n) is 16.6. The lowest BCUT2D eigenvalue weighted by atomic mass is 9.65. The maximum Gasteiger partial charge on any atom is 0.290 e. The zero-order valence-corrected chi connectivity index (χ0v) is 27.6. The molecule has 5 rings (SSSR count). The second kappa shape index (κ2) is 15.4. The molecule has 2 amide bonds. The molecule has 1 atom stereocenters. The van der Waals surface area contributed by atoms with Gasteiger partial charge in [0.25, 0.3) is 5.91 Å². The van der Waals surface area contributed by atoms with Crippen LogP contribution in [0.25, 0.3) is 0 Å². The van der Waals surface area contributed by atoms with Crippen molar-refractivity contribution in [3.8, 4) is 0 Å². The van der Waals surface area contributed by atoms with Gasteiger partial charge >= 0.3 is 0 Å². The molecule has 8 nitrogen and oxygen atoms in total. The zero-order chi connectivity index (χ0) is 34.1. The van der Waals surface area contributed by atoms with Gasteiger partial charge in [0.1, 0.15) is 6.10 Å². The molecule has 4 N–H and O–H groups in total. The summed E-state index contributed by atoms with van der Waals surface area (Å²) in [6, 6.07) is 40.4. The highest BCUT2D eigenvalue weighted by Crippen LogP contribution is 2.45. The fraction of sp³-hybridized carbons (Fsp3) is 0.325. The number of aliphatic hydroxyl groups is 2. The first-order chi connectivity index (χ1) is 23.2. The predicted octanol–water partition coefficient (Wildman–Crippen LogP) is 4.93. The first kappa shape index (κ1) is 34.5. The third kappa shape index (κ3) is 7.51. The van der Waals surface area contributed by atoms with Gasteiger partial charge in [0.15, 0.2) is 0 Å². The Morgan fingerprint density at radius 1 is 0.771 bits per heavy atom. The van der Waals surface area contributed by atoms with Crippen molar-refractivity contribution in [3.05, 3.63) is 138 Å². The summed E-state index contributed by atoms with van der Waals surface area (Å²) >= 11 is 0. The van der Waals surface area contributed by atoms with Gasteiger partial charge in [-0.15, -0.1) is 0 Å². The molecular weight excluding hydrogens is 602 g/mol. The third-order valence-electron chi connectivity index (χ3n) is 9.35. The molecule has 0 spiro atoms. The van der Waals surface area contributed by atoms with Gasteiger partial charge in [-0.3, -0.25) is 14.4 Å². The highest BCUT2D eigenvalue weighted by atomic mass is 16.3. The van der Waals surface area contributed by atoms with Crippen LogP contribution in [0.3, 0.4) is 0 Å². The number of hydrogen-bond acceptors (Lipinski definition) is 6. The second-order valence-electron chi connectivity index (χ2n) is 13.2. The molecule has 4 aromatic carbocycles. The molecule has 0 bridgehead atoms. The number of likely N-dealkylation sites (tertiary alicyclic amines) is 1. The van der Waals surface area contributed by atoms with E-state index in [0.717, 1.165) is 11.3 Å². The summed E-state index contributed by atoms with van der Waals surface area (Å²) in [5.41, 5.74) is 4.06. The van der Waals surface area contributed by atoms with E-state index in [4.69, 9.17) is 0 Å². The number of hydrogen-bond donors (Lipinski definition) is 4. The number of aliphatic hydroxyl groups excluding tert-OH is 2. The predicted molar refractivity (Wildman–Crippen MR) is 187 cm³/mol. The van der Waals surface area contributed by atoms with Crippen molar-refractivity contribution < 1.29 is 24.6 Å². The average Bonchev–Trinajstić information content (AvgIpc) is 3.13. The van der Waals surface area contributed by atoms with Crippen LogP contribution in [-0.2, 0) is 19.8 Å². The molecule has 1 aliphatic rings. The minimum atomic E-state index is -1.42. The Balaban J connectivity index is 1.26. The van der Waals surface area contributed by atoms with Crippen LogP contribution in [0.1, 0.15) is 55.4 Å². The van der Waals surface area contributed by atoms with Crippen LogP contribution in [-0.4, -0.2) is 71.1 Å². The summed E-state index contributed by atoms with van der Waals surface area (Å²) in [4.78, 5) is 39.3. The molecular formula is C40H45N3O5. The molecule has 1 aliphatic heterocycles. The van der Waals surface area contributed by atoms with E-state index in [1.54, 1.807) is 18.7 Å². The third-order valence-corrected chi connectivity index (χ3v) is 9.35. The number of carbonyl (C=O) groups is 3. The molecule has 0 saturated carbocycles. The molecule has 4 aromatic rings. The SMILES string of the molecule is CC(C)(CO)C(O)C(=O)NCCC(=O)C(=O)N1CCC(Nc2cccc(C(c3ccccc3)(c3ccccc3)c3ccccc3)c2)CC1. The van der Waals surface area contributed by atoms with Crippen LogP contribution in [0.5, 0.6) is 0 Å². The quantitative estimate of drug-likeness (QED) is 0.121. The van der Waals surface area contributed by atoms with Crippen LogP contribution in [0.2, 0.25) is 0 Å². The van der Waals surface area contributed by atoms with Crippen molar-refractivity contribution in [2.45, 2.75) is 50.7 Å². The number of amides is 2. The van der Waals surface area contributed by atoms with Crippen LogP contribution >= 0.6 is 0 Å². The Morgan fingerprint density at radius 3 is 1.77 bits per heavy atom. The van der Waals surface area contributed by atoms with E-state index in [-0.39, 0.29) is 25.6 Å². The number of benzene rings is 4. The molecule has 1 heterocycles. The van der Waals surface area contributed by atoms with Gasteiger partial charge in [-0.1, -0.05) is 117 Å². The second-order valence-corrected chi connectivity index (χ2v) is 13.2. The first-order valence-corrected chi connectivity index (χ1v) is 16.6. The lowest BCUT2D eigenvalue weighted by Gasteiger charge is -2.37. The van der Waals surface area contributed by atoms with Crippen LogP contribution in [0.15, 0.2) is 115 Å². The van der Waals surface area contributed by atoms with Gasteiger partial charge in [0.2, 0.25) is 11.7 Å². The van der Waals surface area contributed by atoms with Crippen molar-refractivity contribution in [2.75, 3.05) is 31.6 Å². The van der Waals surface area contributed by atoms with E-state index >= 15 is 0 Å². The van der Waals surface area contributed by atoms with Gasteiger partial charge in [-0.25, -0.2) is 0 Å². The zero-order valence-electron chi connectivity index (χ0n) is 27.6. The minimum Gasteiger partial charge on any atom is -0.396 e. The van der Waals surface area contributed by atoms with E-state index in [9.17, 15) is 24.6 Å². The van der Waals surface area contributed by atoms with E-state index in [0.29, 0.717) is 25.9 Å². The van der Waals surface area contributed by atoms with Crippen molar-refractivity contribution in [2.24, 2.45) is 5.41 Å². The number of piperidine rings is 1. The standard InChI is InChI=1S/C40H45N3O5/c1-39(2,28-44)36(46)37(47)41-24-21-35(45)38(48)43-25-22-33(23-26-43)42-34-20-12-19-32(27-34)40(29-13-6-3-7-14-29,30-15-8-4-9-16-30)31-17-10-5-11-18-31/h3-20,27,33,36,42,44,46H,21-26,28H2,1-2H3,(H,41,47). The van der Waals surface area contributed by atoms with Gasteiger partial charge in [0, 0.05) is 43.2 Å². The lowest BCUT2D eigenvalue weighted by molar-refractivity contribution is -0.145.